The summed E-state index contributed by atoms with van der Waals surface area (Å²) in [5.74, 6) is 0.860. The van der Waals surface area contributed by atoms with Gasteiger partial charge in [0.1, 0.15) is 17.3 Å². The van der Waals surface area contributed by atoms with E-state index >= 15 is 0 Å². The SMILES string of the molecule is COc1cc(C=C2CNCC(=Cc3ccccc3F)C2=O)cc(OC)c1. The summed E-state index contributed by atoms with van der Waals surface area (Å²) in [6.07, 6.45) is 3.40. The van der Waals surface area contributed by atoms with E-state index in [4.69, 9.17) is 9.47 Å². The van der Waals surface area contributed by atoms with E-state index in [2.05, 4.69) is 5.32 Å². The van der Waals surface area contributed by atoms with Gasteiger partial charge < -0.3 is 14.8 Å². The Bertz CT molecular complexity index is 864. The van der Waals surface area contributed by atoms with E-state index in [-0.39, 0.29) is 11.6 Å². The quantitative estimate of drug-likeness (QED) is 0.855. The van der Waals surface area contributed by atoms with Crippen molar-refractivity contribution in [3.8, 4) is 11.5 Å². The van der Waals surface area contributed by atoms with Crippen molar-refractivity contribution in [1.29, 1.82) is 0 Å². The molecule has 0 aliphatic carbocycles. The normalized spacial score (nSPS) is 17.6. The Labute approximate surface area is 151 Å². The average Bonchev–Trinajstić information content (AvgIpc) is 2.66. The van der Waals surface area contributed by atoms with Crippen LogP contribution in [0.2, 0.25) is 0 Å². The molecule has 1 N–H and O–H groups in total. The van der Waals surface area contributed by atoms with Crippen LogP contribution in [0, 0.1) is 5.82 Å². The maximum Gasteiger partial charge on any atom is 0.187 e. The average molecular weight is 353 g/mol. The molecule has 0 amide bonds. The number of hydrogen-bond acceptors (Lipinski definition) is 4. The smallest absolute Gasteiger partial charge is 0.187 e. The predicted molar refractivity (Wildman–Crippen MR) is 99.8 cm³/mol. The van der Waals surface area contributed by atoms with E-state index in [0.717, 1.165) is 5.56 Å². The van der Waals surface area contributed by atoms with Gasteiger partial charge in [-0.1, -0.05) is 18.2 Å². The summed E-state index contributed by atoms with van der Waals surface area (Å²) < 4.78 is 24.4. The third kappa shape index (κ3) is 4.00. The Morgan fingerprint density at radius 2 is 1.58 bits per heavy atom. The summed E-state index contributed by atoms with van der Waals surface area (Å²) in [7, 11) is 3.16. The number of halogens is 1. The number of carbonyl (C=O) groups excluding carboxylic acids is 1. The van der Waals surface area contributed by atoms with E-state index in [1.165, 1.54) is 6.07 Å². The largest absolute Gasteiger partial charge is 0.497 e. The second-order valence-corrected chi connectivity index (χ2v) is 5.94. The first-order chi connectivity index (χ1) is 12.6. The first-order valence-corrected chi connectivity index (χ1v) is 8.25. The van der Waals surface area contributed by atoms with Gasteiger partial charge in [-0.25, -0.2) is 4.39 Å². The molecule has 1 saturated heterocycles. The Morgan fingerprint density at radius 1 is 0.962 bits per heavy atom. The van der Waals surface area contributed by atoms with Crippen molar-refractivity contribution in [2.24, 2.45) is 0 Å². The summed E-state index contributed by atoms with van der Waals surface area (Å²) in [4.78, 5) is 12.8. The number of ether oxygens (including phenoxy) is 2. The van der Waals surface area contributed by atoms with E-state index in [0.29, 0.717) is 41.3 Å². The van der Waals surface area contributed by atoms with Gasteiger partial charge in [0.15, 0.2) is 5.78 Å². The molecule has 0 spiro atoms. The summed E-state index contributed by atoms with van der Waals surface area (Å²) >= 11 is 0. The van der Waals surface area contributed by atoms with Gasteiger partial charge >= 0.3 is 0 Å². The lowest BCUT2D eigenvalue weighted by molar-refractivity contribution is -0.112. The number of benzene rings is 2. The van der Waals surface area contributed by atoms with Crippen molar-refractivity contribution in [2.75, 3.05) is 27.3 Å². The first kappa shape index (κ1) is 17.9. The predicted octanol–water partition coefficient (Wildman–Crippen LogP) is 3.48. The van der Waals surface area contributed by atoms with Gasteiger partial charge in [0.05, 0.1) is 14.2 Å². The minimum Gasteiger partial charge on any atom is -0.497 e. The van der Waals surface area contributed by atoms with E-state index < -0.39 is 0 Å². The zero-order valence-electron chi connectivity index (χ0n) is 14.7. The van der Waals surface area contributed by atoms with Crippen molar-refractivity contribution >= 4 is 17.9 Å². The molecule has 4 nitrogen and oxygen atoms in total. The van der Waals surface area contributed by atoms with Crippen LogP contribution in [0.1, 0.15) is 11.1 Å². The minimum atomic E-state index is -0.346. The third-order valence-electron chi connectivity index (χ3n) is 4.16. The second-order valence-electron chi connectivity index (χ2n) is 5.94. The highest BCUT2D eigenvalue weighted by Crippen LogP contribution is 2.25. The Kier molecular flexibility index (Phi) is 5.49. The van der Waals surface area contributed by atoms with E-state index in [1.54, 1.807) is 50.6 Å². The van der Waals surface area contributed by atoms with Crippen LogP contribution in [0.4, 0.5) is 4.39 Å². The van der Waals surface area contributed by atoms with Crippen LogP contribution in [0.15, 0.2) is 53.6 Å². The van der Waals surface area contributed by atoms with Crippen molar-refractivity contribution < 1.29 is 18.7 Å². The highest BCUT2D eigenvalue weighted by atomic mass is 19.1. The van der Waals surface area contributed by atoms with Crippen LogP contribution in [-0.2, 0) is 4.79 Å². The highest BCUT2D eigenvalue weighted by molar-refractivity contribution is 6.14. The number of carbonyl (C=O) groups is 1. The van der Waals surface area contributed by atoms with Crippen LogP contribution >= 0.6 is 0 Å². The number of Topliss-reactive ketones (excluding diaryl/α,β-unsaturated/α-hetero) is 1. The Morgan fingerprint density at radius 3 is 2.19 bits per heavy atom. The monoisotopic (exact) mass is 353 g/mol. The zero-order chi connectivity index (χ0) is 18.5. The summed E-state index contributed by atoms with van der Waals surface area (Å²) in [6, 6.07) is 11.8. The molecular formula is C21H20FNO3. The lowest BCUT2D eigenvalue weighted by atomic mass is 9.95. The Hall–Kier alpha value is -2.92. The fourth-order valence-corrected chi connectivity index (χ4v) is 2.83. The van der Waals surface area contributed by atoms with Crippen molar-refractivity contribution in [2.45, 2.75) is 0 Å². The highest BCUT2D eigenvalue weighted by Gasteiger charge is 2.20. The summed E-state index contributed by atoms with van der Waals surface area (Å²) in [5, 5.41) is 3.19. The molecule has 1 fully saturated rings. The molecule has 1 aliphatic heterocycles. The fourth-order valence-electron chi connectivity index (χ4n) is 2.83. The van der Waals surface area contributed by atoms with Gasteiger partial charge in [-0.2, -0.15) is 0 Å². The molecule has 2 aromatic rings. The molecule has 26 heavy (non-hydrogen) atoms. The van der Waals surface area contributed by atoms with Crippen LogP contribution in [0.5, 0.6) is 11.5 Å². The van der Waals surface area contributed by atoms with Crippen molar-refractivity contribution in [3.63, 3.8) is 0 Å². The van der Waals surface area contributed by atoms with Crippen molar-refractivity contribution in [3.05, 3.63) is 70.6 Å². The number of methoxy groups -OCH3 is 2. The minimum absolute atomic E-state index is 0.0891. The molecule has 2 aromatic carbocycles. The molecule has 0 unspecified atom stereocenters. The zero-order valence-corrected chi connectivity index (χ0v) is 14.7. The standard InChI is InChI=1S/C21H20FNO3/c1-25-18-8-14(9-19(11-18)26-2)7-16-12-23-13-17(21(16)24)10-15-5-3-4-6-20(15)22/h3-11,23H,12-13H2,1-2H3. The summed E-state index contributed by atoms with van der Waals surface area (Å²) in [6.45, 7) is 0.860. The molecule has 3 rings (SSSR count). The van der Waals surface area contributed by atoms with Gasteiger partial charge in [0, 0.05) is 35.9 Å². The number of ketones is 1. The van der Waals surface area contributed by atoms with Gasteiger partial charge in [0.25, 0.3) is 0 Å². The fraction of sp³-hybridized carbons (Fsp3) is 0.190. The number of piperidine rings is 1. The van der Waals surface area contributed by atoms with Crippen LogP contribution < -0.4 is 14.8 Å². The van der Waals surface area contributed by atoms with Gasteiger partial charge in [0.2, 0.25) is 0 Å². The molecule has 0 saturated carbocycles. The molecule has 0 aromatic heterocycles. The second kappa shape index (κ2) is 7.97. The lowest BCUT2D eigenvalue weighted by Crippen LogP contribution is -2.32. The van der Waals surface area contributed by atoms with Gasteiger partial charge in [-0.05, 0) is 35.9 Å². The number of hydrogen-bond donors (Lipinski definition) is 1. The van der Waals surface area contributed by atoms with Gasteiger partial charge in [-0.3, -0.25) is 4.79 Å². The van der Waals surface area contributed by atoms with Crippen molar-refractivity contribution in [1.82, 2.24) is 5.32 Å². The molecular weight excluding hydrogens is 333 g/mol. The maximum atomic E-state index is 13.9. The van der Waals surface area contributed by atoms with Crippen LogP contribution in [-0.4, -0.2) is 33.1 Å². The maximum absolute atomic E-state index is 13.9. The molecule has 5 heteroatoms. The molecule has 0 atom stereocenters. The molecule has 1 heterocycles. The molecule has 1 aliphatic rings. The Balaban J connectivity index is 1.93. The van der Waals surface area contributed by atoms with E-state index in [9.17, 15) is 9.18 Å². The van der Waals surface area contributed by atoms with Gasteiger partial charge in [-0.15, -0.1) is 0 Å². The van der Waals surface area contributed by atoms with Crippen LogP contribution in [0.3, 0.4) is 0 Å². The molecule has 0 radical (unpaired) electrons. The van der Waals surface area contributed by atoms with Crippen LogP contribution in [0.25, 0.3) is 12.2 Å². The first-order valence-electron chi connectivity index (χ1n) is 8.25. The third-order valence-corrected chi connectivity index (χ3v) is 4.16. The molecule has 134 valence electrons. The molecule has 0 bridgehead atoms. The topological polar surface area (TPSA) is 47.6 Å². The summed E-state index contributed by atoms with van der Waals surface area (Å²) in [5.41, 5.74) is 2.34. The number of rotatable bonds is 4. The number of nitrogens with one attached hydrogen (secondary N) is 1. The lowest BCUT2D eigenvalue weighted by Gasteiger charge is -2.18. The van der Waals surface area contributed by atoms with E-state index in [1.807, 2.05) is 12.1 Å².